The predicted molar refractivity (Wildman–Crippen MR) is 98.2 cm³/mol. The lowest BCUT2D eigenvalue weighted by atomic mass is 9.94. The summed E-state index contributed by atoms with van der Waals surface area (Å²) in [5.74, 6) is -0.0811. The van der Waals surface area contributed by atoms with Crippen molar-refractivity contribution in [3.8, 4) is 0 Å². The zero-order valence-electron chi connectivity index (χ0n) is 14.2. The third-order valence-electron chi connectivity index (χ3n) is 4.58. The molecule has 2 atom stereocenters. The maximum atomic E-state index is 12.8. The van der Waals surface area contributed by atoms with Gasteiger partial charge in [0.25, 0.3) is 0 Å². The third-order valence-corrected chi connectivity index (χ3v) is 5.60. The molecule has 1 aliphatic heterocycles. The summed E-state index contributed by atoms with van der Waals surface area (Å²) in [7, 11) is 0. The predicted octanol–water partition coefficient (Wildman–Crippen LogP) is 2.44. The molecule has 6 heteroatoms. The van der Waals surface area contributed by atoms with Gasteiger partial charge in [0.1, 0.15) is 0 Å². The minimum atomic E-state index is -0.265. The number of aryl methyl sites for hydroxylation is 1. The highest BCUT2D eigenvalue weighted by Crippen LogP contribution is 2.24. The Bertz CT molecular complexity index is 679. The second-order valence-corrected chi connectivity index (χ2v) is 7.15. The minimum Gasteiger partial charge on any atom is -0.345 e. The molecule has 1 fully saturated rings. The normalized spacial score (nSPS) is 17.6. The maximum Gasteiger partial charge on any atom is 0.227 e. The number of carbonyl (C=O) groups excluding carboxylic acids is 1. The van der Waals surface area contributed by atoms with Crippen molar-refractivity contribution in [1.82, 2.24) is 9.88 Å². The van der Waals surface area contributed by atoms with E-state index in [4.69, 9.17) is 5.73 Å². The summed E-state index contributed by atoms with van der Waals surface area (Å²) in [6, 6.07) is 9.58. The lowest BCUT2D eigenvalue weighted by molar-refractivity contribution is -0.136. The van der Waals surface area contributed by atoms with Crippen molar-refractivity contribution in [2.75, 3.05) is 31.1 Å². The first-order valence-corrected chi connectivity index (χ1v) is 9.20. The van der Waals surface area contributed by atoms with E-state index in [0.717, 1.165) is 42.6 Å². The second kappa shape index (κ2) is 7.32. The molecule has 1 amide bonds. The van der Waals surface area contributed by atoms with Crippen LogP contribution in [0.25, 0.3) is 0 Å². The van der Waals surface area contributed by atoms with Crippen molar-refractivity contribution >= 4 is 22.4 Å². The fourth-order valence-corrected chi connectivity index (χ4v) is 3.87. The van der Waals surface area contributed by atoms with E-state index in [1.54, 1.807) is 11.3 Å². The Labute approximate surface area is 147 Å². The highest BCUT2D eigenvalue weighted by molar-refractivity contribution is 7.13. The first-order chi connectivity index (χ1) is 11.6. The number of rotatable bonds is 4. The number of amides is 1. The molecule has 2 N–H and O–H groups in total. The van der Waals surface area contributed by atoms with Gasteiger partial charge in [0.2, 0.25) is 5.91 Å². The fraction of sp³-hybridized carbons (Fsp3) is 0.444. The van der Waals surface area contributed by atoms with Crippen LogP contribution >= 0.6 is 11.3 Å². The van der Waals surface area contributed by atoms with Gasteiger partial charge >= 0.3 is 0 Å². The van der Waals surface area contributed by atoms with E-state index >= 15 is 0 Å². The zero-order chi connectivity index (χ0) is 17.1. The third kappa shape index (κ3) is 3.60. The molecule has 0 spiro atoms. The Hall–Kier alpha value is -1.92. The number of benzene rings is 1. The Kier molecular flexibility index (Phi) is 5.16. The van der Waals surface area contributed by atoms with Gasteiger partial charge in [-0.1, -0.05) is 37.3 Å². The Morgan fingerprint density at radius 1 is 1.21 bits per heavy atom. The number of piperazine rings is 1. The highest BCUT2D eigenvalue weighted by Gasteiger charge is 2.29. The van der Waals surface area contributed by atoms with Gasteiger partial charge in [-0.15, -0.1) is 11.3 Å². The van der Waals surface area contributed by atoms with Crippen molar-refractivity contribution in [2.45, 2.75) is 19.9 Å². The van der Waals surface area contributed by atoms with Gasteiger partial charge in [0, 0.05) is 37.6 Å². The van der Waals surface area contributed by atoms with Gasteiger partial charge in [-0.2, -0.15) is 0 Å². The van der Waals surface area contributed by atoms with Crippen molar-refractivity contribution in [3.05, 3.63) is 47.0 Å². The molecular formula is C18H24N4OS. The van der Waals surface area contributed by atoms with E-state index in [1.165, 1.54) is 0 Å². The summed E-state index contributed by atoms with van der Waals surface area (Å²) < 4.78 is 0. The van der Waals surface area contributed by atoms with Crippen LogP contribution in [-0.4, -0.2) is 42.0 Å². The van der Waals surface area contributed by atoms with E-state index < -0.39 is 0 Å². The molecule has 128 valence electrons. The SMILES string of the molecule is Cc1csc(N2CCN(C(=O)C(C)C(N)c3ccccc3)CC2)n1. The average Bonchev–Trinajstić information content (AvgIpc) is 3.07. The van der Waals surface area contributed by atoms with E-state index in [9.17, 15) is 4.79 Å². The summed E-state index contributed by atoms with van der Waals surface area (Å²) in [5.41, 5.74) is 8.36. The molecule has 3 rings (SSSR count). The van der Waals surface area contributed by atoms with E-state index in [0.29, 0.717) is 0 Å². The molecule has 2 unspecified atom stereocenters. The van der Waals surface area contributed by atoms with Gasteiger partial charge in [-0.05, 0) is 12.5 Å². The van der Waals surface area contributed by atoms with Gasteiger partial charge < -0.3 is 15.5 Å². The summed E-state index contributed by atoms with van der Waals surface area (Å²) in [4.78, 5) is 21.5. The average molecular weight is 344 g/mol. The number of thiazole rings is 1. The van der Waals surface area contributed by atoms with Crippen molar-refractivity contribution in [1.29, 1.82) is 0 Å². The second-order valence-electron chi connectivity index (χ2n) is 6.31. The van der Waals surface area contributed by atoms with Crippen LogP contribution in [0.1, 0.15) is 24.2 Å². The number of nitrogens with two attached hydrogens (primary N) is 1. The molecule has 2 heterocycles. The van der Waals surface area contributed by atoms with Crippen LogP contribution in [-0.2, 0) is 4.79 Å². The minimum absolute atomic E-state index is 0.140. The summed E-state index contributed by atoms with van der Waals surface area (Å²) in [6.07, 6.45) is 0. The number of hydrogen-bond acceptors (Lipinski definition) is 5. The molecule has 1 aromatic heterocycles. The van der Waals surface area contributed by atoms with E-state index in [1.807, 2.05) is 49.1 Å². The fourth-order valence-electron chi connectivity index (χ4n) is 3.01. The van der Waals surface area contributed by atoms with E-state index in [-0.39, 0.29) is 17.9 Å². The number of carbonyl (C=O) groups is 1. The Morgan fingerprint density at radius 2 is 1.88 bits per heavy atom. The van der Waals surface area contributed by atoms with Crippen LogP contribution in [0.15, 0.2) is 35.7 Å². The smallest absolute Gasteiger partial charge is 0.227 e. The van der Waals surface area contributed by atoms with Crippen molar-refractivity contribution < 1.29 is 4.79 Å². The first-order valence-electron chi connectivity index (χ1n) is 8.32. The quantitative estimate of drug-likeness (QED) is 0.925. The standard InChI is InChI=1S/C18H24N4OS/c1-13-12-24-18(20-13)22-10-8-21(9-11-22)17(23)14(2)16(19)15-6-4-3-5-7-15/h3-7,12,14,16H,8-11,19H2,1-2H3. The summed E-state index contributed by atoms with van der Waals surface area (Å²) >= 11 is 1.67. The van der Waals surface area contributed by atoms with Crippen molar-refractivity contribution in [3.63, 3.8) is 0 Å². The Balaban J connectivity index is 1.58. The number of aromatic nitrogens is 1. The zero-order valence-corrected chi connectivity index (χ0v) is 15.0. The van der Waals surface area contributed by atoms with Gasteiger partial charge in [0.05, 0.1) is 11.6 Å². The summed E-state index contributed by atoms with van der Waals surface area (Å²) in [6.45, 7) is 7.04. The van der Waals surface area contributed by atoms with Crippen LogP contribution in [0.3, 0.4) is 0 Å². The molecule has 1 aromatic carbocycles. The molecule has 0 aliphatic carbocycles. The molecule has 2 aromatic rings. The van der Waals surface area contributed by atoms with Crippen LogP contribution in [0, 0.1) is 12.8 Å². The molecule has 5 nitrogen and oxygen atoms in total. The number of nitrogens with zero attached hydrogens (tertiary/aromatic N) is 3. The monoisotopic (exact) mass is 344 g/mol. The number of anilines is 1. The van der Waals surface area contributed by atoms with Crippen LogP contribution < -0.4 is 10.6 Å². The van der Waals surface area contributed by atoms with Gasteiger partial charge in [-0.25, -0.2) is 4.98 Å². The molecule has 1 aliphatic rings. The maximum absolute atomic E-state index is 12.8. The molecule has 1 saturated heterocycles. The number of hydrogen-bond donors (Lipinski definition) is 1. The van der Waals surface area contributed by atoms with Gasteiger partial charge in [0.15, 0.2) is 5.13 Å². The lowest BCUT2D eigenvalue weighted by Crippen LogP contribution is -2.51. The largest absolute Gasteiger partial charge is 0.345 e. The van der Waals surface area contributed by atoms with Gasteiger partial charge in [-0.3, -0.25) is 4.79 Å². The topological polar surface area (TPSA) is 62.5 Å². The first kappa shape index (κ1) is 16.9. The van der Waals surface area contributed by atoms with Crippen LogP contribution in [0.2, 0.25) is 0 Å². The molecule has 0 radical (unpaired) electrons. The molecule has 24 heavy (non-hydrogen) atoms. The molecule has 0 saturated carbocycles. The van der Waals surface area contributed by atoms with Crippen LogP contribution in [0.4, 0.5) is 5.13 Å². The van der Waals surface area contributed by atoms with Crippen LogP contribution in [0.5, 0.6) is 0 Å². The van der Waals surface area contributed by atoms with E-state index in [2.05, 4.69) is 15.3 Å². The molecule has 0 bridgehead atoms. The highest BCUT2D eigenvalue weighted by atomic mass is 32.1. The lowest BCUT2D eigenvalue weighted by Gasteiger charge is -2.36. The summed E-state index contributed by atoms with van der Waals surface area (Å²) in [5, 5.41) is 3.11. The van der Waals surface area contributed by atoms with Crippen molar-refractivity contribution in [2.24, 2.45) is 11.7 Å². The Morgan fingerprint density at radius 3 is 2.46 bits per heavy atom. The molecular weight excluding hydrogens is 320 g/mol.